The van der Waals surface area contributed by atoms with Crippen LogP contribution in [0.25, 0.3) is 0 Å². The van der Waals surface area contributed by atoms with E-state index in [1.165, 1.54) is 120 Å². The molecule has 12 saturated carbocycles. The molecule has 3 aromatic carbocycles. The Labute approximate surface area is 345 Å². The van der Waals surface area contributed by atoms with Gasteiger partial charge in [-0.2, -0.15) is 0 Å². The second-order valence-corrected chi connectivity index (χ2v) is 24.9. The van der Waals surface area contributed by atoms with Crippen molar-refractivity contribution in [2.24, 2.45) is 56.2 Å². The van der Waals surface area contributed by atoms with Gasteiger partial charge in [-0.05, 0) is 230 Å². The molecule has 0 radical (unpaired) electrons. The Hall–Kier alpha value is -3.47. The number of hydrogen-bond acceptors (Lipinski definition) is 4. The molecule has 12 bridgehead atoms. The average molecular weight is 780 g/mol. The fourth-order valence-electron chi connectivity index (χ4n) is 20.5. The molecule has 0 aliphatic heterocycles. The monoisotopic (exact) mass is 779 g/mol. The summed E-state index contributed by atoms with van der Waals surface area (Å²) in [6.07, 6.45) is 22.1. The highest BCUT2D eigenvalue weighted by atomic mass is 16.5. The third-order valence-electron chi connectivity index (χ3n) is 19.5. The highest BCUT2D eigenvalue weighted by Gasteiger charge is 2.76. The third kappa shape index (κ3) is 5.03. The zero-order chi connectivity index (χ0) is 39.9. The van der Waals surface area contributed by atoms with E-state index in [4.69, 9.17) is 10.5 Å². The van der Waals surface area contributed by atoms with Crippen LogP contribution < -0.4 is 10.5 Å². The Morgan fingerprint density at radius 2 is 1.03 bits per heavy atom. The quantitative estimate of drug-likeness (QED) is 0.164. The number of phenols is 1. The van der Waals surface area contributed by atoms with Gasteiger partial charge in [-0.1, -0.05) is 52.0 Å². The first-order chi connectivity index (χ1) is 27.4. The number of carboxylic acid groups (broad SMARTS) is 1. The van der Waals surface area contributed by atoms with Gasteiger partial charge in [0.15, 0.2) is 0 Å². The summed E-state index contributed by atoms with van der Waals surface area (Å²) in [6.45, 7) is 10.6. The van der Waals surface area contributed by atoms with Gasteiger partial charge < -0.3 is 20.7 Å². The van der Waals surface area contributed by atoms with Gasteiger partial charge >= 0.3 is 5.97 Å². The van der Waals surface area contributed by atoms with Crippen molar-refractivity contribution >= 4 is 11.7 Å². The second-order valence-electron chi connectivity index (χ2n) is 24.9. The largest absolute Gasteiger partial charge is 0.505 e. The van der Waals surface area contributed by atoms with Crippen LogP contribution in [0.4, 0.5) is 5.69 Å². The molecule has 4 N–H and O–H groups in total. The molecule has 0 saturated heterocycles. The van der Waals surface area contributed by atoms with Crippen LogP contribution in [0.3, 0.4) is 0 Å². The van der Waals surface area contributed by atoms with Crippen LogP contribution in [-0.4, -0.2) is 16.2 Å². The normalized spacial score (nSPS) is 47.5. The summed E-state index contributed by atoms with van der Waals surface area (Å²) < 4.78 is 6.85. The molecule has 0 spiro atoms. The molecule has 306 valence electrons. The van der Waals surface area contributed by atoms with Crippen LogP contribution in [0.1, 0.15) is 170 Å². The molecule has 15 rings (SSSR count). The number of hydrogen-bond donors (Lipinski definition) is 3. The number of carbonyl (C=O) groups is 1. The molecule has 12 aliphatic carbocycles. The zero-order valence-corrected chi connectivity index (χ0v) is 35.5. The van der Waals surface area contributed by atoms with Crippen LogP contribution in [0.5, 0.6) is 17.2 Å². The lowest BCUT2D eigenvalue weighted by molar-refractivity contribution is -0.275. The van der Waals surface area contributed by atoms with Gasteiger partial charge in [0, 0.05) is 5.56 Å². The number of rotatable bonds is 7. The Morgan fingerprint density at radius 3 is 1.48 bits per heavy atom. The van der Waals surface area contributed by atoms with Gasteiger partial charge in [-0.3, -0.25) is 0 Å². The lowest BCUT2D eigenvalue weighted by atomic mass is 9.24. The number of nitrogens with two attached hydrogens (primary N) is 1. The first-order valence-electron chi connectivity index (χ1n) is 23.2. The second kappa shape index (κ2) is 11.3. The topological polar surface area (TPSA) is 92.8 Å². The van der Waals surface area contributed by atoms with Crippen molar-refractivity contribution in [3.63, 3.8) is 0 Å². The van der Waals surface area contributed by atoms with E-state index in [-0.39, 0.29) is 27.4 Å². The maximum absolute atomic E-state index is 11.9. The van der Waals surface area contributed by atoms with Crippen LogP contribution in [-0.2, 0) is 10.8 Å². The molecule has 0 aromatic heterocycles. The Bertz CT molecular complexity index is 2170. The number of ether oxygens (including phenoxy) is 1. The van der Waals surface area contributed by atoms with Crippen molar-refractivity contribution in [3.05, 3.63) is 82.9 Å². The minimum absolute atomic E-state index is 0.110. The van der Waals surface area contributed by atoms with E-state index in [2.05, 4.69) is 64.1 Å². The Kier molecular flexibility index (Phi) is 7.06. The average Bonchev–Trinajstić information content (AvgIpc) is 3.11. The molecule has 5 heteroatoms. The molecule has 3 aromatic rings. The minimum Gasteiger partial charge on any atom is -0.505 e. The lowest BCUT2D eigenvalue weighted by Crippen LogP contribution is -2.71. The summed E-state index contributed by atoms with van der Waals surface area (Å²) in [5, 5.41) is 21.3. The van der Waals surface area contributed by atoms with E-state index < -0.39 is 5.97 Å². The fraction of sp³-hybridized carbons (Fsp3) is 0.642. The van der Waals surface area contributed by atoms with Gasteiger partial charge in [0.25, 0.3) is 0 Å². The zero-order valence-electron chi connectivity index (χ0n) is 35.5. The summed E-state index contributed by atoms with van der Waals surface area (Å²) >= 11 is 0. The van der Waals surface area contributed by atoms with Crippen LogP contribution in [0, 0.1) is 56.2 Å². The van der Waals surface area contributed by atoms with Gasteiger partial charge in [-0.15, -0.1) is 0 Å². The standard InChI is InChI=1S/C53H65NO4/c1-46-20-47(2)23-50(22-46,37-7-5-34(6-8-37)45(56)57)30-52(26-46,27-47)53-28-48(3)21-49(4,29-53)25-51(24-48,31-53)38-9-11-39(12-10-38)58-41-14-13-40(54)44(55)43(41)42-35-16-32-15-33(18-35)19-36(42)17-32/h5-14,32-33,35-36,42,55H,15-31,54H2,1-4H3,(H,56,57). The van der Waals surface area contributed by atoms with Crippen LogP contribution in [0.2, 0.25) is 0 Å². The van der Waals surface area contributed by atoms with Crippen molar-refractivity contribution in [1.82, 2.24) is 0 Å². The van der Waals surface area contributed by atoms with E-state index in [0.29, 0.717) is 50.7 Å². The fourth-order valence-corrected chi connectivity index (χ4v) is 20.5. The summed E-state index contributed by atoms with van der Waals surface area (Å²) in [6, 6.07) is 21.3. The van der Waals surface area contributed by atoms with Crippen molar-refractivity contribution in [1.29, 1.82) is 0 Å². The number of phenolic OH excluding ortho intramolecular Hbond substituents is 1. The minimum atomic E-state index is -0.834. The molecule has 5 nitrogen and oxygen atoms in total. The highest BCUT2D eigenvalue weighted by Crippen LogP contribution is 2.85. The first kappa shape index (κ1) is 36.4. The molecular weight excluding hydrogens is 715 g/mol. The Balaban J connectivity index is 0.894. The molecule has 4 unspecified atom stereocenters. The SMILES string of the molecule is CC12CC3(C)CC(c4ccc(Oc5ccc(N)c(O)c5C5C6CC7CC(C6)CC5C7)cc4)(C1)CC(C14CC5(C)CC(C)(CC(c6ccc(C(=O)O)cc6)(C5)C1)C4)(C2)C3. The summed E-state index contributed by atoms with van der Waals surface area (Å²) in [5.74, 6) is 4.34. The lowest BCUT2D eigenvalue weighted by Gasteiger charge is -2.80. The van der Waals surface area contributed by atoms with Gasteiger partial charge in [0.2, 0.25) is 0 Å². The molecule has 58 heavy (non-hydrogen) atoms. The molecule has 0 amide bonds. The maximum Gasteiger partial charge on any atom is 0.335 e. The number of carboxylic acids is 1. The van der Waals surface area contributed by atoms with Crippen LogP contribution >= 0.6 is 0 Å². The molecule has 12 fully saturated rings. The Morgan fingerprint density at radius 1 is 0.586 bits per heavy atom. The molecular formula is C53H65NO4. The molecule has 12 aliphatic rings. The van der Waals surface area contributed by atoms with E-state index in [1.807, 2.05) is 24.3 Å². The van der Waals surface area contributed by atoms with Crippen molar-refractivity contribution < 1.29 is 19.7 Å². The van der Waals surface area contributed by atoms with Crippen molar-refractivity contribution in [2.75, 3.05) is 5.73 Å². The predicted octanol–water partition coefficient (Wildman–Crippen LogP) is 12.9. The predicted molar refractivity (Wildman–Crippen MR) is 228 cm³/mol. The van der Waals surface area contributed by atoms with Crippen LogP contribution in [0.15, 0.2) is 60.7 Å². The molecule has 0 heterocycles. The van der Waals surface area contributed by atoms with Gasteiger partial charge in [0.05, 0.1) is 11.3 Å². The van der Waals surface area contributed by atoms with E-state index >= 15 is 0 Å². The number of aromatic carboxylic acids is 1. The van der Waals surface area contributed by atoms with Gasteiger partial charge in [0.1, 0.15) is 17.2 Å². The van der Waals surface area contributed by atoms with Gasteiger partial charge in [-0.25, -0.2) is 4.79 Å². The smallest absolute Gasteiger partial charge is 0.335 e. The summed E-state index contributed by atoms with van der Waals surface area (Å²) in [5.41, 5.74) is 13.2. The summed E-state index contributed by atoms with van der Waals surface area (Å²) in [4.78, 5) is 11.9. The molecule has 4 atom stereocenters. The third-order valence-corrected chi connectivity index (χ3v) is 19.5. The highest BCUT2D eigenvalue weighted by molar-refractivity contribution is 5.87. The first-order valence-corrected chi connectivity index (χ1v) is 23.2. The van der Waals surface area contributed by atoms with E-state index in [1.54, 1.807) is 0 Å². The van der Waals surface area contributed by atoms with E-state index in [9.17, 15) is 15.0 Å². The number of nitrogen functional groups attached to an aromatic ring is 1. The maximum atomic E-state index is 11.9. The number of anilines is 1. The van der Waals surface area contributed by atoms with Crippen molar-refractivity contribution in [2.45, 2.75) is 154 Å². The number of aromatic hydroxyl groups is 1. The van der Waals surface area contributed by atoms with E-state index in [0.717, 1.165) is 28.9 Å². The number of benzene rings is 3. The van der Waals surface area contributed by atoms with Crippen molar-refractivity contribution in [3.8, 4) is 17.2 Å². The summed E-state index contributed by atoms with van der Waals surface area (Å²) in [7, 11) is 0.